The van der Waals surface area contributed by atoms with Crippen molar-refractivity contribution < 1.29 is 19.2 Å². The maximum Gasteiger partial charge on any atom is 0.326 e. The summed E-state index contributed by atoms with van der Waals surface area (Å²) in [6, 6.07) is 2.95. The van der Waals surface area contributed by atoms with Crippen LogP contribution in [0.4, 0.5) is 0 Å². The number of carbonyl (C=O) groups excluding carboxylic acids is 1. The fraction of sp³-hybridized carbons (Fsp3) is 0.333. The first-order valence-electron chi connectivity index (χ1n) is 6.07. The minimum atomic E-state index is -1.04. The second-order valence-corrected chi connectivity index (χ2v) is 6.06. The minimum Gasteiger partial charge on any atom is -0.480 e. The number of carboxylic acid groups (broad SMARTS) is 1. The Morgan fingerprint density at radius 2 is 2.48 bits per heavy atom. The average Bonchev–Trinajstić information content (AvgIpc) is 3.12. The van der Waals surface area contributed by atoms with Crippen molar-refractivity contribution in [1.82, 2.24) is 15.5 Å². The van der Waals surface area contributed by atoms with Gasteiger partial charge in [-0.2, -0.15) is 16.7 Å². The third kappa shape index (κ3) is 4.57. The number of carboxylic acids is 1. The van der Waals surface area contributed by atoms with Gasteiger partial charge >= 0.3 is 5.97 Å². The highest BCUT2D eigenvalue weighted by Crippen LogP contribution is 2.23. The largest absolute Gasteiger partial charge is 0.480 e. The van der Waals surface area contributed by atoms with Crippen LogP contribution >= 0.6 is 23.1 Å². The Morgan fingerprint density at radius 1 is 1.62 bits per heavy atom. The fourth-order valence-corrected chi connectivity index (χ4v) is 3.03. The fourth-order valence-electron chi connectivity index (χ4n) is 1.54. The molecule has 0 aliphatic carbocycles. The highest BCUT2D eigenvalue weighted by Gasteiger charge is 2.16. The lowest BCUT2D eigenvalue weighted by Gasteiger charge is -2.09. The van der Waals surface area contributed by atoms with E-state index in [4.69, 9.17) is 9.63 Å². The summed E-state index contributed by atoms with van der Waals surface area (Å²) in [5.41, 5.74) is 0. The van der Waals surface area contributed by atoms with Crippen LogP contribution in [-0.2, 0) is 15.3 Å². The zero-order valence-corrected chi connectivity index (χ0v) is 12.5. The summed E-state index contributed by atoms with van der Waals surface area (Å²) in [5.74, 6) is 1.12. The van der Waals surface area contributed by atoms with Crippen LogP contribution in [0.3, 0.4) is 0 Å². The van der Waals surface area contributed by atoms with Crippen molar-refractivity contribution in [2.24, 2.45) is 0 Å². The number of hydrogen-bond donors (Lipinski definition) is 2. The third-order valence-electron chi connectivity index (χ3n) is 2.55. The predicted molar refractivity (Wildman–Crippen MR) is 79.0 cm³/mol. The molecule has 0 spiro atoms. The lowest BCUT2D eigenvalue weighted by Crippen LogP contribution is -2.36. The molecule has 21 heavy (non-hydrogen) atoms. The normalized spacial score (nSPS) is 12.0. The van der Waals surface area contributed by atoms with E-state index in [1.807, 2.05) is 17.5 Å². The van der Waals surface area contributed by atoms with E-state index in [1.165, 1.54) is 23.1 Å². The molecule has 0 aromatic carbocycles. The average molecular weight is 327 g/mol. The summed E-state index contributed by atoms with van der Waals surface area (Å²) >= 11 is 3.01. The molecule has 112 valence electrons. The van der Waals surface area contributed by atoms with Gasteiger partial charge in [-0.15, -0.1) is 11.3 Å². The molecular weight excluding hydrogens is 314 g/mol. The van der Waals surface area contributed by atoms with Crippen molar-refractivity contribution in [1.29, 1.82) is 0 Å². The van der Waals surface area contributed by atoms with Gasteiger partial charge in [0, 0.05) is 0 Å². The van der Waals surface area contributed by atoms with Crippen LogP contribution < -0.4 is 5.32 Å². The van der Waals surface area contributed by atoms with Crippen LogP contribution in [0.2, 0.25) is 0 Å². The molecule has 0 aliphatic rings. The van der Waals surface area contributed by atoms with E-state index in [1.54, 1.807) is 0 Å². The Kier molecular flexibility index (Phi) is 5.76. The molecule has 0 bridgehead atoms. The van der Waals surface area contributed by atoms with Gasteiger partial charge in [0.05, 0.1) is 10.6 Å². The second kappa shape index (κ2) is 7.79. The Labute approximate surface area is 128 Å². The Bertz CT molecular complexity index is 585. The van der Waals surface area contributed by atoms with Gasteiger partial charge in [0.15, 0.2) is 5.82 Å². The van der Waals surface area contributed by atoms with E-state index in [0.29, 0.717) is 36.1 Å². The summed E-state index contributed by atoms with van der Waals surface area (Å²) in [7, 11) is 0. The number of amides is 1. The van der Waals surface area contributed by atoms with Gasteiger partial charge in [0.2, 0.25) is 6.41 Å². The standard InChI is InChI=1S/C12H13N3O4S2/c16-7-13-8(12(17)18)3-5-20-6-10-14-11(19-15-10)9-2-1-4-21-9/h1-2,4,7-8H,3,5-6H2,(H,13,16)(H,17,18). The number of thioether (sulfide) groups is 1. The molecule has 7 nitrogen and oxygen atoms in total. The lowest BCUT2D eigenvalue weighted by atomic mass is 10.2. The number of nitrogens with one attached hydrogen (secondary N) is 1. The molecule has 2 heterocycles. The Morgan fingerprint density at radius 3 is 3.14 bits per heavy atom. The number of hydrogen-bond acceptors (Lipinski definition) is 7. The molecule has 2 N–H and O–H groups in total. The quantitative estimate of drug-likeness (QED) is 0.532. The van der Waals surface area contributed by atoms with E-state index in [9.17, 15) is 9.59 Å². The SMILES string of the molecule is O=CNC(CCSCc1noc(-c2cccs2)n1)C(=O)O. The molecule has 1 unspecified atom stereocenters. The van der Waals surface area contributed by atoms with Crippen molar-refractivity contribution in [2.45, 2.75) is 18.2 Å². The molecule has 1 atom stereocenters. The monoisotopic (exact) mass is 327 g/mol. The Balaban J connectivity index is 1.76. The zero-order chi connectivity index (χ0) is 15.1. The molecule has 0 saturated heterocycles. The number of thiophene rings is 1. The highest BCUT2D eigenvalue weighted by atomic mass is 32.2. The second-order valence-electron chi connectivity index (χ2n) is 4.01. The maximum absolute atomic E-state index is 10.8. The molecule has 2 rings (SSSR count). The molecular formula is C12H13N3O4S2. The highest BCUT2D eigenvalue weighted by molar-refractivity contribution is 7.98. The predicted octanol–water partition coefficient (Wildman–Crippen LogP) is 1.62. The van der Waals surface area contributed by atoms with Crippen LogP contribution in [0.1, 0.15) is 12.2 Å². The van der Waals surface area contributed by atoms with Gasteiger partial charge in [-0.25, -0.2) is 4.79 Å². The van der Waals surface area contributed by atoms with Gasteiger partial charge < -0.3 is 14.9 Å². The summed E-state index contributed by atoms with van der Waals surface area (Å²) in [6.45, 7) is 0. The Hall–Kier alpha value is -1.87. The molecule has 9 heteroatoms. The maximum atomic E-state index is 10.8. The summed E-state index contributed by atoms with van der Waals surface area (Å²) in [4.78, 5) is 26.3. The topological polar surface area (TPSA) is 105 Å². The van der Waals surface area contributed by atoms with E-state index < -0.39 is 12.0 Å². The summed E-state index contributed by atoms with van der Waals surface area (Å²) < 4.78 is 5.15. The zero-order valence-electron chi connectivity index (χ0n) is 10.9. The third-order valence-corrected chi connectivity index (χ3v) is 4.39. The van der Waals surface area contributed by atoms with Gasteiger partial charge in [-0.1, -0.05) is 11.2 Å². The molecule has 0 fully saturated rings. The van der Waals surface area contributed by atoms with Crippen molar-refractivity contribution >= 4 is 35.5 Å². The van der Waals surface area contributed by atoms with Crippen molar-refractivity contribution in [3.8, 4) is 10.8 Å². The van der Waals surface area contributed by atoms with Gasteiger partial charge in [-0.05, 0) is 23.6 Å². The van der Waals surface area contributed by atoms with E-state index in [2.05, 4.69) is 15.5 Å². The first kappa shape index (κ1) is 15.5. The number of carbonyl (C=O) groups is 2. The van der Waals surface area contributed by atoms with Crippen LogP contribution in [0.15, 0.2) is 22.0 Å². The number of aliphatic carboxylic acids is 1. The van der Waals surface area contributed by atoms with Crippen LogP contribution in [-0.4, -0.2) is 39.4 Å². The summed E-state index contributed by atoms with van der Waals surface area (Å²) in [5, 5.41) is 16.9. The van der Waals surface area contributed by atoms with E-state index in [0.717, 1.165) is 4.88 Å². The molecule has 0 aliphatic heterocycles. The summed E-state index contributed by atoms with van der Waals surface area (Å²) in [6.07, 6.45) is 0.740. The first-order chi connectivity index (χ1) is 10.2. The van der Waals surface area contributed by atoms with E-state index in [-0.39, 0.29) is 0 Å². The number of rotatable bonds is 9. The molecule has 2 aromatic rings. The molecule has 1 amide bonds. The van der Waals surface area contributed by atoms with Crippen molar-refractivity contribution in [2.75, 3.05) is 5.75 Å². The number of aromatic nitrogens is 2. The lowest BCUT2D eigenvalue weighted by molar-refractivity contribution is -0.140. The van der Waals surface area contributed by atoms with Crippen molar-refractivity contribution in [3.05, 3.63) is 23.3 Å². The molecule has 2 aromatic heterocycles. The van der Waals surface area contributed by atoms with Gasteiger partial charge in [0.1, 0.15) is 6.04 Å². The van der Waals surface area contributed by atoms with Crippen molar-refractivity contribution in [3.63, 3.8) is 0 Å². The first-order valence-corrected chi connectivity index (χ1v) is 8.11. The minimum absolute atomic E-state index is 0.342. The van der Waals surface area contributed by atoms with Crippen LogP contribution in [0.25, 0.3) is 10.8 Å². The van der Waals surface area contributed by atoms with E-state index >= 15 is 0 Å². The smallest absolute Gasteiger partial charge is 0.326 e. The van der Waals surface area contributed by atoms with Gasteiger partial charge in [0.25, 0.3) is 5.89 Å². The molecule has 0 radical (unpaired) electrons. The number of nitrogens with zero attached hydrogens (tertiary/aromatic N) is 2. The van der Waals surface area contributed by atoms with Crippen LogP contribution in [0.5, 0.6) is 0 Å². The van der Waals surface area contributed by atoms with Crippen LogP contribution in [0, 0.1) is 0 Å². The molecule has 0 saturated carbocycles. The van der Waals surface area contributed by atoms with Gasteiger partial charge in [-0.3, -0.25) is 4.79 Å².